The molecule has 0 aliphatic heterocycles. The highest BCUT2D eigenvalue weighted by molar-refractivity contribution is 5.83. The predicted octanol–water partition coefficient (Wildman–Crippen LogP) is 9.51. The minimum absolute atomic E-state index is 0.155. The molecule has 0 aromatic heterocycles. The van der Waals surface area contributed by atoms with E-state index in [2.05, 4.69) is 140 Å². The zero-order chi connectivity index (χ0) is 27.6. The highest BCUT2D eigenvalue weighted by Crippen LogP contribution is 2.54. The SMILES string of the molecule is [C]1c2ccccc2Cc2cccc(C3c4ccccc4-c4cccc(C5c6ccccc6CCc6ccccc65)c43)c21. The van der Waals surface area contributed by atoms with Gasteiger partial charge in [-0.3, -0.25) is 0 Å². The number of benzene rings is 6. The van der Waals surface area contributed by atoms with E-state index in [0.29, 0.717) is 0 Å². The summed E-state index contributed by atoms with van der Waals surface area (Å²) < 4.78 is 0. The molecule has 0 spiro atoms. The van der Waals surface area contributed by atoms with Crippen LogP contribution in [-0.2, 0) is 19.3 Å². The molecule has 3 aliphatic carbocycles. The smallest absolute Gasteiger partial charge is 0.0511 e. The Hall–Kier alpha value is -4.68. The van der Waals surface area contributed by atoms with Gasteiger partial charge in [0, 0.05) is 11.8 Å². The average Bonchev–Trinajstić information content (AvgIpc) is 3.28. The summed E-state index contributed by atoms with van der Waals surface area (Å²) in [6.45, 7) is 0. The molecule has 0 N–H and O–H groups in total. The Kier molecular flexibility index (Phi) is 5.38. The Balaban J connectivity index is 1.31. The molecule has 1 unspecified atom stereocenters. The third-order valence-electron chi connectivity index (χ3n) is 9.85. The van der Waals surface area contributed by atoms with E-state index in [-0.39, 0.29) is 11.8 Å². The van der Waals surface area contributed by atoms with Crippen LogP contribution in [0.3, 0.4) is 0 Å². The zero-order valence-corrected chi connectivity index (χ0v) is 23.5. The van der Waals surface area contributed by atoms with Crippen LogP contribution in [0, 0.1) is 6.42 Å². The van der Waals surface area contributed by atoms with E-state index in [0.717, 1.165) is 19.3 Å². The van der Waals surface area contributed by atoms with Crippen LogP contribution in [-0.4, -0.2) is 0 Å². The molecule has 9 rings (SSSR count). The molecule has 1 atom stereocenters. The van der Waals surface area contributed by atoms with Crippen LogP contribution >= 0.6 is 0 Å². The molecule has 0 nitrogen and oxygen atoms in total. The zero-order valence-electron chi connectivity index (χ0n) is 23.5. The van der Waals surface area contributed by atoms with Crippen molar-refractivity contribution in [3.63, 3.8) is 0 Å². The number of aryl methyl sites for hydroxylation is 2. The molecule has 0 fully saturated rings. The van der Waals surface area contributed by atoms with Crippen LogP contribution < -0.4 is 0 Å². The van der Waals surface area contributed by atoms with Crippen molar-refractivity contribution in [3.8, 4) is 11.1 Å². The van der Waals surface area contributed by atoms with E-state index in [1.54, 1.807) is 0 Å². The summed E-state index contributed by atoms with van der Waals surface area (Å²) in [6.07, 6.45) is 7.01. The van der Waals surface area contributed by atoms with Crippen molar-refractivity contribution in [1.82, 2.24) is 0 Å². The third-order valence-corrected chi connectivity index (χ3v) is 9.85. The van der Waals surface area contributed by atoms with Crippen molar-refractivity contribution in [1.29, 1.82) is 0 Å². The van der Waals surface area contributed by atoms with Gasteiger partial charge >= 0.3 is 0 Å². The Morgan fingerprint density at radius 1 is 0.405 bits per heavy atom. The average molecular weight is 535 g/mol. The maximum atomic E-state index is 3.89. The number of hydrogen-bond donors (Lipinski definition) is 0. The van der Waals surface area contributed by atoms with Crippen molar-refractivity contribution in [2.45, 2.75) is 31.1 Å². The predicted molar refractivity (Wildman–Crippen MR) is 171 cm³/mol. The Morgan fingerprint density at radius 3 is 1.74 bits per heavy atom. The lowest BCUT2D eigenvalue weighted by atomic mass is 9.74. The molecule has 2 radical (unpaired) electrons. The molecule has 6 aromatic rings. The van der Waals surface area contributed by atoms with Gasteiger partial charge in [-0.15, -0.1) is 0 Å². The van der Waals surface area contributed by atoms with Crippen molar-refractivity contribution in [3.05, 3.63) is 207 Å². The molecular formula is C42H30. The lowest BCUT2D eigenvalue weighted by Gasteiger charge is -2.29. The van der Waals surface area contributed by atoms with E-state index < -0.39 is 0 Å². The first-order valence-corrected chi connectivity index (χ1v) is 15.2. The van der Waals surface area contributed by atoms with Gasteiger partial charge in [0.1, 0.15) is 0 Å². The molecule has 6 aromatic carbocycles. The summed E-state index contributed by atoms with van der Waals surface area (Å²) in [7, 11) is 0. The number of hydrogen-bond acceptors (Lipinski definition) is 0. The van der Waals surface area contributed by atoms with E-state index in [4.69, 9.17) is 0 Å². The Bertz CT molecular complexity index is 1960. The number of fused-ring (bicyclic) bond motifs is 7. The second-order valence-electron chi connectivity index (χ2n) is 12.0. The first-order valence-electron chi connectivity index (χ1n) is 15.2. The van der Waals surface area contributed by atoms with Crippen LogP contribution in [0.5, 0.6) is 0 Å². The lowest BCUT2D eigenvalue weighted by molar-refractivity contribution is 0.900. The first kappa shape index (κ1) is 24.0. The highest BCUT2D eigenvalue weighted by atomic mass is 14.4. The van der Waals surface area contributed by atoms with Gasteiger partial charge in [0.15, 0.2) is 0 Å². The molecule has 0 bridgehead atoms. The normalized spacial score (nSPS) is 16.3. The minimum atomic E-state index is 0.155. The summed E-state index contributed by atoms with van der Waals surface area (Å²) in [5, 5.41) is 0. The van der Waals surface area contributed by atoms with Crippen molar-refractivity contribution in [2.24, 2.45) is 0 Å². The molecule has 0 heteroatoms. The fourth-order valence-electron chi connectivity index (χ4n) is 8.02. The van der Waals surface area contributed by atoms with Gasteiger partial charge in [-0.25, -0.2) is 0 Å². The fourth-order valence-corrected chi connectivity index (χ4v) is 8.02. The maximum Gasteiger partial charge on any atom is 0.0511 e. The van der Waals surface area contributed by atoms with E-state index in [9.17, 15) is 0 Å². The summed E-state index contributed by atoms with van der Waals surface area (Å²) in [6, 6.07) is 50.1. The number of rotatable bonds is 2. The monoisotopic (exact) mass is 534 g/mol. The molecule has 0 amide bonds. The van der Waals surface area contributed by atoms with Crippen molar-refractivity contribution >= 4 is 0 Å². The molecule has 42 heavy (non-hydrogen) atoms. The lowest BCUT2D eigenvalue weighted by Crippen LogP contribution is -2.14. The van der Waals surface area contributed by atoms with Gasteiger partial charge in [-0.1, -0.05) is 133 Å². The summed E-state index contributed by atoms with van der Waals surface area (Å²) in [5.41, 5.74) is 19.5. The largest absolute Gasteiger partial charge is 0.0620 e. The van der Waals surface area contributed by atoms with Gasteiger partial charge in [0.2, 0.25) is 0 Å². The minimum Gasteiger partial charge on any atom is -0.0620 e. The van der Waals surface area contributed by atoms with E-state index in [1.165, 1.54) is 77.9 Å². The highest BCUT2D eigenvalue weighted by Gasteiger charge is 2.37. The fraction of sp³-hybridized carbons (Fsp3) is 0.119. The molecule has 0 saturated heterocycles. The van der Waals surface area contributed by atoms with Gasteiger partial charge in [0.25, 0.3) is 0 Å². The quantitative estimate of drug-likeness (QED) is 0.207. The van der Waals surface area contributed by atoms with Crippen LogP contribution in [0.1, 0.15) is 78.6 Å². The van der Waals surface area contributed by atoms with Gasteiger partial charge in [0.05, 0.1) is 6.42 Å². The second kappa shape index (κ2) is 9.43. The Labute approximate surface area is 248 Å². The van der Waals surface area contributed by atoms with Gasteiger partial charge < -0.3 is 0 Å². The molecule has 198 valence electrons. The topological polar surface area (TPSA) is 0 Å². The Morgan fingerprint density at radius 2 is 0.952 bits per heavy atom. The van der Waals surface area contributed by atoms with Gasteiger partial charge in [-0.2, -0.15) is 0 Å². The third kappa shape index (κ3) is 3.55. The summed E-state index contributed by atoms with van der Waals surface area (Å²) >= 11 is 0. The maximum absolute atomic E-state index is 3.89. The van der Waals surface area contributed by atoms with Crippen LogP contribution in [0.15, 0.2) is 133 Å². The summed E-state index contributed by atoms with van der Waals surface area (Å²) in [5.74, 6) is 0.350. The molecular weight excluding hydrogens is 504 g/mol. The standard InChI is InChI=1S/C42H30/c1-2-14-30-26-39-31(25-29(30)13-1)15-9-20-37(39)41-35-19-8-7-18-34(35)36-21-10-22-38(42(36)41)40-32-16-5-3-11-27(32)23-24-28-12-4-6-17-33(28)40/h1-22,40-41H,23-25H2. The first-order chi connectivity index (χ1) is 20.8. The van der Waals surface area contributed by atoms with Crippen LogP contribution in [0.2, 0.25) is 0 Å². The van der Waals surface area contributed by atoms with Gasteiger partial charge in [-0.05, 0) is 97.2 Å². The van der Waals surface area contributed by atoms with Crippen LogP contribution in [0.4, 0.5) is 0 Å². The van der Waals surface area contributed by atoms with Crippen molar-refractivity contribution < 1.29 is 0 Å². The molecule has 3 aliphatic rings. The van der Waals surface area contributed by atoms with Crippen molar-refractivity contribution in [2.75, 3.05) is 0 Å². The molecule has 0 heterocycles. The van der Waals surface area contributed by atoms with Crippen LogP contribution in [0.25, 0.3) is 11.1 Å². The summed E-state index contributed by atoms with van der Waals surface area (Å²) in [4.78, 5) is 0. The van der Waals surface area contributed by atoms with E-state index in [1.807, 2.05) is 0 Å². The second-order valence-corrected chi connectivity index (χ2v) is 12.0. The van der Waals surface area contributed by atoms with E-state index >= 15 is 0 Å². The molecule has 0 saturated carbocycles.